The number of carbonyl (C=O) groups is 1. The highest BCUT2D eigenvalue weighted by Gasteiger charge is 2.22. The van der Waals surface area contributed by atoms with E-state index in [-0.39, 0.29) is 0 Å². The van der Waals surface area contributed by atoms with Gasteiger partial charge in [-0.05, 0) is 37.5 Å². The van der Waals surface area contributed by atoms with E-state index in [0.29, 0.717) is 17.7 Å². The molecule has 0 spiro atoms. The molecule has 0 aromatic heterocycles. The van der Waals surface area contributed by atoms with Gasteiger partial charge in [-0.25, -0.2) is 0 Å². The zero-order valence-electron chi connectivity index (χ0n) is 12.0. The largest absolute Gasteiger partial charge is 0.495 e. The number of benzene rings is 1. The van der Waals surface area contributed by atoms with Crippen molar-refractivity contribution in [2.45, 2.75) is 38.3 Å². The lowest BCUT2D eigenvalue weighted by molar-refractivity contribution is 0.00922. The number of rotatable bonds is 5. The molecule has 1 aliphatic rings. The van der Waals surface area contributed by atoms with Gasteiger partial charge in [-0.3, -0.25) is 4.79 Å². The first kappa shape index (κ1) is 14.7. The Kier molecular flexibility index (Phi) is 4.84. The van der Waals surface area contributed by atoms with Crippen LogP contribution in [0.5, 0.6) is 5.75 Å². The molecule has 0 aliphatic carbocycles. The van der Waals surface area contributed by atoms with Gasteiger partial charge in [0.1, 0.15) is 5.75 Å². The van der Waals surface area contributed by atoms with E-state index in [1.54, 1.807) is 25.3 Å². The molecule has 1 aliphatic heterocycles. The molecule has 1 heterocycles. The quantitative estimate of drug-likeness (QED) is 0.865. The molecule has 2 unspecified atom stereocenters. The maximum atomic E-state index is 11.3. The molecule has 1 saturated heterocycles. The summed E-state index contributed by atoms with van der Waals surface area (Å²) in [4.78, 5) is 11.3. The van der Waals surface area contributed by atoms with Crippen molar-refractivity contribution in [3.8, 4) is 5.75 Å². The van der Waals surface area contributed by atoms with E-state index in [2.05, 4.69) is 12.2 Å². The van der Waals surface area contributed by atoms with Crippen LogP contribution in [0.15, 0.2) is 18.2 Å². The van der Waals surface area contributed by atoms with Gasteiger partial charge in [0.25, 0.3) is 0 Å². The maximum absolute atomic E-state index is 11.3. The number of carbonyl (C=O) groups excluding carboxylic acids is 1. The fourth-order valence-electron chi connectivity index (χ4n) is 2.49. The average molecular weight is 278 g/mol. The van der Waals surface area contributed by atoms with Crippen LogP contribution in [-0.2, 0) is 4.74 Å². The van der Waals surface area contributed by atoms with Crippen molar-refractivity contribution < 1.29 is 14.3 Å². The highest BCUT2D eigenvalue weighted by molar-refractivity contribution is 5.94. The molecule has 1 aromatic carbocycles. The molecule has 2 atom stereocenters. The van der Waals surface area contributed by atoms with E-state index < -0.39 is 5.91 Å². The molecule has 0 saturated carbocycles. The molecule has 5 nitrogen and oxygen atoms in total. The Bertz CT molecular complexity index is 476. The van der Waals surface area contributed by atoms with E-state index in [0.717, 1.165) is 37.3 Å². The predicted octanol–water partition coefficient (Wildman–Crippen LogP) is 2.16. The molecule has 1 amide bonds. The first-order valence-corrected chi connectivity index (χ1v) is 7.00. The molecule has 1 fully saturated rings. The summed E-state index contributed by atoms with van der Waals surface area (Å²) in [6.45, 7) is 2.88. The third-order valence-corrected chi connectivity index (χ3v) is 3.67. The lowest BCUT2D eigenvalue weighted by atomic mass is 10.0. The highest BCUT2D eigenvalue weighted by atomic mass is 16.5. The number of anilines is 1. The second-order valence-electron chi connectivity index (χ2n) is 5.05. The smallest absolute Gasteiger partial charge is 0.248 e. The Hall–Kier alpha value is -1.75. The van der Waals surface area contributed by atoms with Crippen LogP contribution >= 0.6 is 0 Å². The SMILES string of the molecule is CCC1CC(Nc2cc(C(N)=O)ccc2OC)CCO1. The normalized spacial score (nSPS) is 22.3. The van der Waals surface area contributed by atoms with Gasteiger partial charge in [0.15, 0.2) is 0 Å². The lowest BCUT2D eigenvalue weighted by Crippen LogP contribution is -2.33. The zero-order chi connectivity index (χ0) is 14.5. The molecule has 20 heavy (non-hydrogen) atoms. The highest BCUT2D eigenvalue weighted by Crippen LogP contribution is 2.28. The van der Waals surface area contributed by atoms with Crippen LogP contribution in [0.2, 0.25) is 0 Å². The van der Waals surface area contributed by atoms with Crippen molar-refractivity contribution in [1.82, 2.24) is 0 Å². The molecular formula is C15H22N2O3. The molecule has 2 rings (SSSR count). The number of nitrogens with two attached hydrogens (primary N) is 1. The Morgan fingerprint density at radius 1 is 1.55 bits per heavy atom. The number of hydrogen-bond acceptors (Lipinski definition) is 4. The standard InChI is InChI=1S/C15H22N2O3/c1-3-12-9-11(6-7-20-12)17-13-8-10(15(16)18)4-5-14(13)19-2/h4-5,8,11-12,17H,3,6-7,9H2,1-2H3,(H2,16,18). The van der Waals surface area contributed by atoms with E-state index in [1.807, 2.05) is 0 Å². The third kappa shape index (κ3) is 3.42. The Morgan fingerprint density at radius 3 is 3.00 bits per heavy atom. The van der Waals surface area contributed by atoms with Gasteiger partial charge < -0.3 is 20.5 Å². The van der Waals surface area contributed by atoms with Crippen LogP contribution in [0.1, 0.15) is 36.5 Å². The Morgan fingerprint density at radius 2 is 2.35 bits per heavy atom. The number of hydrogen-bond donors (Lipinski definition) is 2. The van der Waals surface area contributed by atoms with Crippen LogP contribution in [0.25, 0.3) is 0 Å². The van der Waals surface area contributed by atoms with Crippen LogP contribution in [0.4, 0.5) is 5.69 Å². The van der Waals surface area contributed by atoms with Crippen LogP contribution < -0.4 is 15.8 Å². The summed E-state index contributed by atoms with van der Waals surface area (Å²) in [6, 6.07) is 5.51. The number of amides is 1. The summed E-state index contributed by atoms with van der Waals surface area (Å²) >= 11 is 0. The van der Waals surface area contributed by atoms with Crippen molar-refractivity contribution >= 4 is 11.6 Å². The summed E-state index contributed by atoms with van der Waals surface area (Å²) in [7, 11) is 1.61. The Labute approximate surface area is 119 Å². The van der Waals surface area contributed by atoms with E-state index >= 15 is 0 Å². The summed E-state index contributed by atoms with van der Waals surface area (Å²) in [5, 5.41) is 3.45. The number of methoxy groups -OCH3 is 1. The van der Waals surface area contributed by atoms with Gasteiger partial charge in [0.2, 0.25) is 5.91 Å². The molecule has 0 bridgehead atoms. The van der Waals surface area contributed by atoms with Gasteiger partial charge in [0, 0.05) is 18.2 Å². The molecular weight excluding hydrogens is 256 g/mol. The van der Waals surface area contributed by atoms with Gasteiger partial charge in [-0.1, -0.05) is 6.92 Å². The first-order valence-electron chi connectivity index (χ1n) is 7.00. The minimum Gasteiger partial charge on any atom is -0.495 e. The summed E-state index contributed by atoms with van der Waals surface area (Å²) < 4.78 is 11.0. The van der Waals surface area contributed by atoms with Crippen LogP contribution in [0.3, 0.4) is 0 Å². The topological polar surface area (TPSA) is 73.6 Å². The van der Waals surface area contributed by atoms with E-state index in [4.69, 9.17) is 15.2 Å². The molecule has 1 aromatic rings. The molecule has 0 radical (unpaired) electrons. The second kappa shape index (κ2) is 6.61. The van der Waals surface area contributed by atoms with Crippen molar-refractivity contribution in [2.75, 3.05) is 19.0 Å². The summed E-state index contributed by atoms with van der Waals surface area (Å²) in [6.07, 6.45) is 3.21. The van der Waals surface area contributed by atoms with E-state index in [1.165, 1.54) is 0 Å². The number of nitrogens with one attached hydrogen (secondary N) is 1. The van der Waals surface area contributed by atoms with Gasteiger partial charge >= 0.3 is 0 Å². The molecule has 110 valence electrons. The lowest BCUT2D eigenvalue weighted by Gasteiger charge is -2.30. The van der Waals surface area contributed by atoms with Crippen LogP contribution in [0, 0.1) is 0 Å². The minimum absolute atomic E-state index is 0.298. The fraction of sp³-hybridized carbons (Fsp3) is 0.533. The number of primary amides is 1. The predicted molar refractivity (Wildman–Crippen MR) is 78.2 cm³/mol. The zero-order valence-corrected chi connectivity index (χ0v) is 12.0. The Balaban J connectivity index is 2.14. The molecule has 5 heteroatoms. The van der Waals surface area contributed by atoms with E-state index in [9.17, 15) is 4.79 Å². The van der Waals surface area contributed by atoms with Gasteiger partial charge in [-0.2, -0.15) is 0 Å². The molecule has 3 N–H and O–H groups in total. The monoisotopic (exact) mass is 278 g/mol. The first-order chi connectivity index (χ1) is 9.63. The third-order valence-electron chi connectivity index (χ3n) is 3.67. The summed E-state index contributed by atoms with van der Waals surface area (Å²) in [5.74, 6) is 0.281. The average Bonchev–Trinajstić information content (AvgIpc) is 2.47. The fourth-order valence-corrected chi connectivity index (χ4v) is 2.49. The minimum atomic E-state index is -0.436. The van der Waals surface area contributed by atoms with Crippen molar-refractivity contribution in [3.63, 3.8) is 0 Å². The number of ether oxygens (including phenoxy) is 2. The van der Waals surface area contributed by atoms with Crippen LogP contribution in [-0.4, -0.2) is 31.8 Å². The maximum Gasteiger partial charge on any atom is 0.248 e. The summed E-state index contributed by atoms with van der Waals surface area (Å²) in [5.41, 5.74) is 6.61. The van der Waals surface area contributed by atoms with Gasteiger partial charge in [-0.15, -0.1) is 0 Å². The van der Waals surface area contributed by atoms with Crippen molar-refractivity contribution in [3.05, 3.63) is 23.8 Å². The van der Waals surface area contributed by atoms with Crippen molar-refractivity contribution in [2.24, 2.45) is 5.73 Å². The van der Waals surface area contributed by atoms with Crippen molar-refractivity contribution in [1.29, 1.82) is 0 Å². The second-order valence-corrected chi connectivity index (χ2v) is 5.05. The van der Waals surface area contributed by atoms with Gasteiger partial charge in [0.05, 0.1) is 18.9 Å².